The summed E-state index contributed by atoms with van der Waals surface area (Å²) < 4.78 is 4.24. The molecule has 1 aromatic heterocycles. The molecule has 1 aromatic carbocycles. The van der Waals surface area contributed by atoms with Crippen molar-refractivity contribution in [2.75, 3.05) is 16.8 Å². The molecule has 0 spiro atoms. The van der Waals surface area contributed by atoms with Gasteiger partial charge < -0.3 is 11.1 Å². The summed E-state index contributed by atoms with van der Waals surface area (Å²) in [6, 6.07) is 4.08. The molecule has 0 atom stereocenters. The number of nitrogens with zero attached hydrogens (tertiary/aromatic N) is 1. The number of hydrogen-bond donors (Lipinski definition) is 2. The maximum Gasteiger partial charge on any atom is 0.234 e. The predicted octanol–water partition coefficient (Wildman–Crippen LogP) is 4.58. The highest BCUT2D eigenvalue weighted by atomic mass is 127. The second kappa shape index (κ2) is 7.97. The van der Waals surface area contributed by atoms with Gasteiger partial charge in [0.1, 0.15) is 0 Å². The Bertz CT molecular complexity index is 667. The van der Waals surface area contributed by atoms with E-state index in [1.165, 1.54) is 23.1 Å². The first-order valence-corrected chi connectivity index (χ1v) is 10.7. The fraction of sp³-hybridized carbons (Fsp3) is 0.167. The molecule has 4 nitrogen and oxygen atoms in total. The molecule has 0 saturated carbocycles. The highest BCUT2D eigenvalue weighted by molar-refractivity contribution is 14.1. The second-order valence-corrected chi connectivity index (χ2v) is 9.85. The van der Waals surface area contributed by atoms with Crippen LogP contribution in [0.1, 0.15) is 5.69 Å². The molecule has 0 radical (unpaired) electrons. The molecule has 2 rings (SSSR count). The van der Waals surface area contributed by atoms with Gasteiger partial charge >= 0.3 is 0 Å². The summed E-state index contributed by atoms with van der Waals surface area (Å²) in [6.07, 6.45) is 0. The third-order valence-electron chi connectivity index (χ3n) is 2.38. The van der Waals surface area contributed by atoms with Gasteiger partial charge in [-0.05, 0) is 86.8 Å². The van der Waals surface area contributed by atoms with E-state index in [-0.39, 0.29) is 5.91 Å². The third-order valence-corrected chi connectivity index (χ3v) is 7.05. The van der Waals surface area contributed by atoms with Gasteiger partial charge in [0, 0.05) is 10.7 Å². The minimum Gasteiger partial charge on any atom is -0.375 e. The first-order chi connectivity index (χ1) is 9.86. The first-order valence-electron chi connectivity index (χ1n) is 5.67. The van der Waals surface area contributed by atoms with Crippen LogP contribution in [0.15, 0.2) is 16.3 Å². The number of hydrogen-bond acceptors (Lipinski definition) is 5. The van der Waals surface area contributed by atoms with E-state index in [2.05, 4.69) is 78.1 Å². The number of benzene rings is 1. The Labute approximate surface area is 171 Å². The van der Waals surface area contributed by atoms with Crippen LogP contribution in [-0.2, 0) is 4.79 Å². The monoisotopic (exact) mass is 657 g/mol. The molecule has 0 aliphatic rings. The summed E-state index contributed by atoms with van der Waals surface area (Å²) in [6.45, 7) is 1.90. The van der Waals surface area contributed by atoms with Gasteiger partial charge in [-0.3, -0.25) is 4.79 Å². The number of nitrogen functional groups attached to an aromatic ring is 1. The fourth-order valence-electron chi connectivity index (χ4n) is 1.50. The van der Waals surface area contributed by atoms with Crippen molar-refractivity contribution >= 4 is 108 Å². The Balaban J connectivity index is 2.01. The molecule has 112 valence electrons. The summed E-state index contributed by atoms with van der Waals surface area (Å²) >= 11 is 9.63. The number of thioether (sulfide) groups is 1. The summed E-state index contributed by atoms with van der Waals surface area (Å²) in [5.41, 5.74) is 7.41. The Morgan fingerprint density at radius 1 is 1.38 bits per heavy atom. The topological polar surface area (TPSA) is 68.0 Å². The first kappa shape index (κ1) is 18.0. The normalized spacial score (nSPS) is 10.7. The van der Waals surface area contributed by atoms with E-state index < -0.39 is 0 Å². The van der Waals surface area contributed by atoms with Crippen molar-refractivity contribution in [3.8, 4) is 0 Å². The van der Waals surface area contributed by atoms with Crippen LogP contribution in [0.4, 0.5) is 10.8 Å². The van der Waals surface area contributed by atoms with Crippen molar-refractivity contribution in [2.45, 2.75) is 11.1 Å². The lowest BCUT2D eigenvalue weighted by Gasteiger charge is -2.10. The van der Waals surface area contributed by atoms with Gasteiger partial charge in [0.05, 0.1) is 21.3 Å². The lowest BCUT2D eigenvalue weighted by molar-refractivity contribution is -0.113. The molecule has 0 fully saturated rings. The second-order valence-electron chi connectivity index (χ2n) is 4.01. The van der Waals surface area contributed by atoms with Crippen LogP contribution in [0.25, 0.3) is 0 Å². The Hall–Kier alpha value is 0.660. The number of nitrogens with two attached hydrogens (primary N) is 1. The summed E-state index contributed by atoms with van der Waals surface area (Å²) in [4.78, 5) is 16.3. The number of rotatable bonds is 4. The number of amides is 1. The van der Waals surface area contributed by atoms with Gasteiger partial charge in [0.2, 0.25) is 5.91 Å². The zero-order valence-electron chi connectivity index (χ0n) is 10.7. The number of nitrogens with one attached hydrogen (secondary N) is 1. The number of carbonyl (C=O) groups excluding carboxylic acids is 1. The highest BCUT2D eigenvalue weighted by Crippen LogP contribution is 2.31. The highest BCUT2D eigenvalue weighted by Gasteiger charge is 2.13. The van der Waals surface area contributed by atoms with Crippen molar-refractivity contribution in [1.29, 1.82) is 0 Å². The van der Waals surface area contributed by atoms with Crippen LogP contribution in [0.2, 0.25) is 0 Å². The van der Waals surface area contributed by atoms with E-state index in [4.69, 9.17) is 5.73 Å². The molecule has 0 unspecified atom stereocenters. The van der Waals surface area contributed by atoms with Crippen LogP contribution in [0, 0.1) is 17.6 Å². The molecule has 1 amide bonds. The van der Waals surface area contributed by atoms with Crippen molar-refractivity contribution in [2.24, 2.45) is 0 Å². The van der Waals surface area contributed by atoms with Gasteiger partial charge in [0.15, 0.2) is 5.13 Å². The molecular weight excluding hydrogens is 647 g/mol. The average Bonchev–Trinajstić information content (AvgIpc) is 2.69. The molecule has 0 bridgehead atoms. The minimum absolute atomic E-state index is 0.0246. The lowest BCUT2D eigenvalue weighted by atomic mass is 10.3. The van der Waals surface area contributed by atoms with Gasteiger partial charge in [-0.2, -0.15) is 0 Å². The van der Waals surface area contributed by atoms with E-state index in [0.29, 0.717) is 10.9 Å². The van der Waals surface area contributed by atoms with E-state index in [1.54, 1.807) is 0 Å². The number of aryl methyl sites for hydroxylation is 1. The SMILES string of the molecule is Cc1nc(N)sc1SCC(=O)Nc1c(I)cc(I)cc1I. The Morgan fingerprint density at radius 3 is 2.52 bits per heavy atom. The Morgan fingerprint density at radius 2 is 2.00 bits per heavy atom. The molecule has 2 aromatic rings. The summed E-state index contributed by atoms with van der Waals surface area (Å²) in [7, 11) is 0. The number of halogens is 3. The number of anilines is 2. The van der Waals surface area contributed by atoms with Crippen LogP contribution in [0.5, 0.6) is 0 Å². The number of thiazole rings is 1. The zero-order chi connectivity index (χ0) is 15.6. The zero-order valence-corrected chi connectivity index (χ0v) is 18.9. The minimum atomic E-state index is -0.0246. The van der Waals surface area contributed by atoms with Gasteiger partial charge in [-0.1, -0.05) is 11.3 Å². The van der Waals surface area contributed by atoms with Gasteiger partial charge in [-0.15, -0.1) is 11.8 Å². The standard InChI is InChI=1S/C12H10I3N3OS2/c1-5-11(21-12(16)17-5)20-4-9(19)18-10-7(14)2-6(13)3-8(10)15/h2-3H,4H2,1H3,(H2,16,17)(H,18,19). The van der Waals surface area contributed by atoms with E-state index >= 15 is 0 Å². The fourth-order valence-corrected chi connectivity index (χ4v) is 7.18. The quantitative estimate of drug-likeness (QED) is 0.374. The van der Waals surface area contributed by atoms with Crippen LogP contribution < -0.4 is 11.1 Å². The maximum atomic E-state index is 12.1. The molecule has 0 saturated heterocycles. The predicted molar refractivity (Wildman–Crippen MR) is 115 cm³/mol. The van der Waals surface area contributed by atoms with Gasteiger partial charge in [-0.25, -0.2) is 4.98 Å². The molecule has 3 N–H and O–H groups in total. The van der Waals surface area contributed by atoms with Crippen LogP contribution >= 0.6 is 90.9 Å². The molecule has 9 heteroatoms. The van der Waals surface area contributed by atoms with Crippen LogP contribution in [0.3, 0.4) is 0 Å². The van der Waals surface area contributed by atoms with Crippen molar-refractivity contribution in [3.05, 3.63) is 28.5 Å². The number of aromatic nitrogens is 1. The van der Waals surface area contributed by atoms with E-state index in [0.717, 1.165) is 26.3 Å². The smallest absolute Gasteiger partial charge is 0.234 e. The van der Waals surface area contributed by atoms with Crippen molar-refractivity contribution in [3.63, 3.8) is 0 Å². The third kappa shape index (κ3) is 5.07. The largest absolute Gasteiger partial charge is 0.375 e. The van der Waals surface area contributed by atoms with E-state index in [9.17, 15) is 4.79 Å². The number of carbonyl (C=O) groups is 1. The maximum absolute atomic E-state index is 12.1. The summed E-state index contributed by atoms with van der Waals surface area (Å²) in [5, 5.41) is 3.52. The van der Waals surface area contributed by atoms with Crippen molar-refractivity contribution < 1.29 is 4.79 Å². The Kier molecular flexibility index (Phi) is 6.83. The molecular formula is C12H10I3N3OS2. The van der Waals surface area contributed by atoms with Crippen molar-refractivity contribution in [1.82, 2.24) is 4.98 Å². The van der Waals surface area contributed by atoms with Crippen LogP contribution in [-0.4, -0.2) is 16.6 Å². The van der Waals surface area contributed by atoms with Gasteiger partial charge in [0.25, 0.3) is 0 Å². The average molecular weight is 657 g/mol. The molecule has 21 heavy (non-hydrogen) atoms. The lowest BCUT2D eigenvalue weighted by Crippen LogP contribution is -2.16. The molecule has 0 aliphatic carbocycles. The molecule has 0 aliphatic heterocycles. The molecule has 1 heterocycles. The van der Waals surface area contributed by atoms with E-state index in [1.807, 2.05) is 19.1 Å². The summed E-state index contributed by atoms with van der Waals surface area (Å²) in [5.74, 6) is 0.323.